The molecule has 2 saturated heterocycles. The van der Waals surface area contributed by atoms with Crippen LogP contribution in [0, 0.1) is 0 Å². The van der Waals surface area contributed by atoms with Gasteiger partial charge in [0, 0.05) is 24.9 Å². The van der Waals surface area contributed by atoms with E-state index >= 15 is 0 Å². The average molecular weight is 454 g/mol. The molecule has 2 atom stereocenters. The number of rotatable bonds is 9. The fraction of sp³-hybridized carbons (Fsp3) is 0.700. The molecule has 0 N–H and O–H groups in total. The van der Waals surface area contributed by atoms with Gasteiger partial charge in [0.25, 0.3) is 0 Å². The van der Waals surface area contributed by atoms with E-state index in [0.29, 0.717) is 0 Å². The topological polar surface area (TPSA) is 134 Å². The molecule has 32 heavy (non-hydrogen) atoms. The van der Waals surface area contributed by atoms with E-state index in [1.54, 1.807) is 23.6 Å². The maximum absolute atomic E-state index is 12.4. The molecule has 2 aliphatic heterocycles. The van der Waals surface area contributed by atoms with Crippen molar-refractivity contribution in [3.05, 3.63) is 0 Å². The Morgan fingerprint density at radius 3 is 1.22 bits per heavy atom. The lowest BCUT2D eigenvalue weighted by atomic mass is 10.1. The number of nitrogens with zero attached hydrogens (tertiary/aromatic N) is 4. The highest BCUT2D eigenvalue weighted by molar-refractivity contribution is 6.00. The number of piperazine rings is 2. The third kappa shape index (κ3) is 6.10. The average Bonchev–Trinajstić information content (AvgIpc) is 2.76. The van der Waals surface area contributed by atoms with Crippen molar-refractivity contribution in [2.24, 2.45) is 0 Å². The molecular formula is C20H30N4O8. The minimum atomic E-state index is -0.507. The zero-order chi connectivity index (χ0) is 24.0. The Morgan fingerprint density at radius 1 is 0.688 bits per heavy atom. The molecule has 0 aromatic rings. The molecule has 0 bridgehead atoms. The Balaban J connectivity index is 1.94. The van der Waals surface area contributed by atoms with Gasteiger partial charge >= 0.3 is 11.9 Å². The van der Waals surface area contributed by atoms with Crippen LogP contribution in [0.15, 0.2) is 0 Å². The van der Waals surface area contributed by atoms with Crippen LogP contribution in [0.5, 0.6) is 0 Å². The van der Waals surface area contributed by atoms with Crippen molar-refractivity contribution in [2.75, 3.05) is 39.6 Å². The second-order valence-corrected chi connectivity index (χ2v) is 7.72. The molecule has 2 heterocycles. The van der Waals surface area contributed by atoms with E-state index < -0.39 is 49.0 Å². The fourth-order valence-corrected chi connectivity index (χ4v) is 3.38. The number of hydrogen-bond donors (Lipinski definition) is 0. The summed E-state index contributed by atoms with van der Waals surface area (Å²) in [4.78, 5) is 77.4. The second-order valence-electron chi connectivity index (χ2n) is 7.72. The van der Waals surface area contributed by atoms with Gasteiger partial charge in [-0.2, -0.15) is 0 Å². The number of ether oxygens (including phenoxy) is 2. The fourth-order valence-electron chi connectivity index (χ4n) is 3.38. The van der Waals surface area contributed by atoms with Crippen molar-refractivity contribution < 1.29 is 38.2 Å². The molecule has 12 nitrogen and oxygen atoms in total. The van der Waals surface area contributed by atoms with Crippen molar-refractivity contribution in [1.82, 2.24) is 19.6 Å². The van der Waals surface area contributed by atoms with Gasteiger partial charge in [-0.3, -0.25) is 38.6 Å². The van der Waals surface area contributed by atoms with Crippen molar-refractivity contribution in [3.8, 4) is 0 Å². The molecule has 4 amide bonds. The lowest BCUT2D eigenvalue weighted by Gasteiger charge is -2.43. The molecule has 0 aromatic carbocycles. The lowest BCUT2D eigenvalue weighted by Crippen LogP contribution is -2.63. The summed E-state index contributed by atoms with van der Waals surface area (Å²) in [5.41, 5.74) is 0. The largest absolute Gasteiger partial charge is 0.444 e. The first-order valence-electron chi connectivity index (χ1n) is 10.5. The van der Waals surface area contributed by atoms with Crippen LogP contribution in [0.2, 0.25) is 0 Å². The molecule has 0 aromatic heterocycles. The first kappa shape index (κ1) is 25.4. The molecule has 178 valence electrons. The van der Waals surface area contributed by atoms with Crippen LogP contribution >= 0.6 is 0 Å². The molecule has 12 heteroatoms. The minimum Gasteiger partial charge on any atom is -0.444 e. The number of esters is 2. The summed E-state index contributed by atoms with van der Waals surface area (Å²) in [7, 11) is 0. The van der Waals surface area contributed by atoms with E-state index in [1.807, 2.05) is 13.8 Å². The van der Waals surface area contributed by atoms with Crippen molar-refractivity contribution in [1.29, 1.82) is 0 Å². The summed E-state index contributed by atoms with van der Waals surface area (Å²) in [5.74, 6) is -2.96. The van der Waals surface area contributed by atoms with E-state index in [-0.39, 0.29) is 51.1 Å². The van der Waals surface area contributed by atoms with E-state index in [9.17, 15) is 28.8 Å². The van der Waals surface area contributed by atoms with Gasteiger partial charge in [-0.25, -0.2) is 9.80 Å². The van der Waals surface area contributed by atoms with Gasteiger partial charge in [0.1, 0.15) is 0 Å². The standard InChI is InChI=1S/C20H30N4O8/c1-5-19(29)31-11-23-15(25)7-21(8-16(23)26)13(3)14(4)22-9-17(27)24(18(28)10-22)12-32-20(30)6-2/h13-14H,5-12H2,1-4H3. The van der Waals surface area contributed by atoms with Crippen LogP contribution in [0.1, 0.15) is 40.5 Å². The maximum atomic E-state index is 12.4. The van der Waals surface area contributed by atoms with Crippen molar-refractivity contribution >= 4 is 35.6 Å². The van der Waals surface area contributed by atoms with Gasteiger partial charge in [-0.05, 0) is 13.8 Å². The predicted molar refractivity (Wildman–Crippen MR) is 108 cm³/mol. The highest BCUT2D eigenvalue weighted by Gasteiger charge is 2.39. The summed E-state index contributed by atoms with van der Waals surface area (Å²) in [6, 6.07) is -0.651. The SMILES string of the molecule is CCC(=O)OCN1C(=O)CN(C(C)C(C)N2CC(=O)N(COC(=O)CC)C(=O)C2)CC1=O. The van der Waals surface area contributed by atoms with Gasteiger partial charge in [-0.1, -0.05) is 13.8 Å². The summed E-state index contributed by atoms with van der Waals surface area (Å²) >= 11 is 0. The Morgan fingerprint density at radius 2 is 0.969 bits per heavy atom. The summed E-state index contributed by atoms with van der Waals surface area (Å²) in [5, 5.41) is 0. The molecule has 0 aliphatic carbocycles. The van der Waals surface area contributed by atoms with Crippen LogP contribution < -0.4 is 0 Å². The molecule has 2 aliphatic rings. The summed E-state index contributed by atoms with van der Waals surface area (Å²) in [6.07, 6.45) is 0.283. The van der Waals surface area contributed by atoms with Crippen molar-refractivity contribution in [3.63, 3.8) is 0 Å². The highest BCUT2D eigenvalue weighted by atomic mass is 16.6. The Hall–Kier alpha value is -2.86. The van der Waals surface area contributed by atoms with Crippen LogP contribution in [-0.2, 0) is 38.2 Å². The summed E-state index contributed by atoms with van der Waals surface area (Å²) < 4.78 is 9.79. The first-order valence-corrected chi connectivity index (χ1v) is 10.5. The van der Waals surface area contributed by atoms with E-state index in [4.69, 9.17) is 9.47 Å². The molecule has 0 radical (unpaired) electrons. The molecule has 2 fully saturated rings. The van der Waals surface area contributed by atoms with E-state index in [2.05, 4.69) is 0 Å². The van der Waals surface area contributed by atoms with Gasteiger partial charge in [0.2, 0.25) is 23.6 Å². The molecule has 2 rings (SSSR count). The van der Waals surface area contributed by atoms with E-state index in [1.165, 1.54) is 0 Å². The minimum absolute atomic E-state index is 0.0598. The number of imide groups is 2. The molecule has 2 unspecified atom stereocenters. The van der Waals surface area contributed by atoms with Gasteiger partial charge < -0.3 is 9.47 Å². The van der Waals surface area contributed by atoms with Crippen LogP contribution in [0.25, 0.3) is 0 Å². The number of carbonyl (C=O) groups is 6. The first-order chi connectivity index (χ1) is 15.1. The van der Waals surface area contributed by atoms with Gasteiger partial charge in [-0.15, -0.1) is 0 Å². The van der Waals surface area contributed by atoms with Crippen LogP contribution in [0.4, 0.5) is 0 Å². The lowest BCUT2D eigenvalue weighted by molar-refractivity contribution is -0.168. The number of hydrogen-bond acceptors (Lipinski definition) is 10. The Labute approximate surface area is 186 Å². The zero-order valence-corrected chi connectivity index (χ0v) is 18.9. The normalized spacial score (nSPS) is 20.4. The third-order valence-corrected chi connectivity index (χ3v) is 5.69. The zero-order valence-electron chi connectivity index (χ0n) is 18.9. The molecule has 0 spiro atoms. The van der Waals surface area contributed by atoms with Crippen LogP contribution in [-0.4, -0.2) is 107 Å². The second kappa shape index (κ2) is 11.1. The smallest absolute Gasteiger partial charge is 0.307 e. The van der Waals surface area contributed by atoms with Crippen LogP contribution in [0.3, 0.4) is 0 Å². The highest BCUT2D eigenvalue weighted by Crippen LogP contribution is 2.18. The number of amides is 4. The predicted octanol–water partition coefficient (Wildman–Crippen LogP) is -1.07. The Kier molecular flexibility index (Phi) is 8.84. The number of carbonyl (C=O) groups excluding carboxylic acids is 6. The van der Waals surface area contributed by atoms with Crippen molar-refractivity contribution in [2.45, 2.75) is 52.6 Å². The Bertz CT molecular complexity index is 686. The quantitative estimate of drug-likeness (QED) is 0.313. The van der Waals surface area contributed by atoms with E-state index in [0.717, 1.165) is 9.80 Å². The van der Waals surface area contributed by atoms with Gasteiger partial charge in [0.15, 0.2) is 13.5 Å². The molecule has 0 saturated carbocycles. The summed E-state index contributed by atoms with van der Waals surface area (Å²) in [6.45, 7) is 5.78. The molecular weight excluding hydrogens is 424 g/mol. The monoisotopic (exact) mass is 454 g/mol. The van der Waals surface area contributed by atoms with Gasteiger partial charge in [0.05, 0.1) is 26.2 Å². The third-order valence-electron chi connectivity index (χ3n) is 5.69. The maximum Gasteiger partial charge on any atom is 0.307 e.